The maximum absolute atomic E-state index is 13.7. The molecule has 0 heterocycles. The fraction of sp³-hybridized carbons (Fsp3) is 0.571. The molecule has 0 unspecified atom stereocenters. The summed E-state index contributed by atoms with van der Waals surface area (Å²) in [6.07, 6.45) is 5.65. The van der Waals surface area contributed by atoms with Gasteiger partial charge in [-0.3, -0.25) is 0 Å². The first-order valence-corrected chi connectivity index (χ1v) is 7.39. The average molecular weight is 271 g/mol. The number of hydrogen-bond donors (Lipinski definition) is 1. The highest BCUT2D eigenvalue weighted by Crippen LogP contribution is 2.39. The van der Waals surface area contributed by atoms with Crippen molar-refractivity contribution in [3.8, 4) is 0 Å². The van der Waals surface area contributed by atoms with E-state index >= 15 is 0 Å². The van der Waals surface area contributed by atoms with Gasteiger partial charge in [-0.25, -0.2) is 8.78 Å². The molecule has 1 aromatic rings. The van der Waals surface area contributed by atoms with Crippen LogP contribution in [0, 0.1) is 17.6 Å². The van der Waals surface area contributed by atoms with Crippen molar-refractivity contribution < 1.29 is 8.78 Å². The zero-order valence-electron chi connectivity index (χ0n) is 10.6. The van der Waals surface area contributed by atoms with Gasteiger partial charge in [0.1, 0.15) is 11.6 Å². The van der Waals surface area contributed by atoms with E-state index in [1.54, 1.807) is 0 Å². The van der Waals surface area contributed by atoms with Gasteiger partial charge in [-0.1, -0.05) is 13.3 Å². The van der Waals surface area contributed by atoms with Gasteiger partial charge in [0.25, 0.3) is 0 Å². The molecule has 0 bridgehead atoms. The fourth-order valence-corrected chi connectivity index (χ4v) is 3.70. The van der Waals surface area contributed by atoms with Crippen LogP contribution in [0.1, 0.15) is 39.0 Å². The van der Waals surface area contributed by atoms with Crippen molar-refractivity contribution in [2.24, 2.45) is 5.92 Å². The van der Waals surface area contributed by atoms with Gasteiger partial charge in [0, 0.05) is 10.9 Å². The number of nitrogens with two attached hydrogens (primary N) is 1. The minimum absolute atomic E-state index is 0.129. The van der Waals surface area contributed by atoms with E-state index in [0.717, 1.165) is 18.8 Å². The molecular weight excluding hydrogens is 252 g/mol. The van der Waals surface area contributed by atoms with Crippen molar-refractivity contribution >= 4 is 17.4 Å². The molecule has 18 heavy (non-hydrogen) atoms. The third kappa shape index (κ3) is 3.16. The van der Waals surface area contributed by atoms with Crippen LogP contribution in [0.2, 0.25) is 0 Å². The molecule has 1 aliphatic rings. The summed E-state index contributed by atoms with van der Waals surface area (Å²) in [6.45, 7) is 2.21. The van der Waals surface area contributed by atoms with Crippen LogP contribution in [0.4, 0.5) is 14.5 Å². The summed E-state index contributed by atoms with van der Waals surface area (Å²) in [7, 11) is 0. The number of anilines is 1. The largest absolute Gasteiger partial charge is 0.399 e. The van der Waals surface area contributed by atoms with E-state index in [9.17, 15) is 8.78 Å². The van der Waals surface area contributed by atoms with Gasteiger partial charge >= 0.3 is 0 Å². The van der Waals surface area contributed by atoms with Crippen molar-refractivity contribution in [3.63, 3.8) is 0 Å². The van der Waals surface area contributed by atoms with Crippen LogP contribution in [0.5, 0.6) is 0 Å². The number of hydrogen-bond acceptors (Lipinski definition) is 2. The Hall–Kier alpha value is -0.770. The molecule has 0 aliphatic heterocycles. The van der Waals surface area contributed by atoms with E-state index < -0.39 is 11.6 Å². The van der Waals surface area contributed by atoms with Crippen LogP contribution in [-0.2, 0) is 0 Å². The SMILES string of the molecule is CCC1CCC(Sc2c(F)cc(N)cc2F)CC1. The van der Waals surface area contributed by atoms with Crippen molar-refractivity contribution in [2.45, 2.75) is 49.2 Å². The molecule has 1 fully saturated rings. The predicted octanol–water partition coefficient (Wildman–Crippen LogP) is 4.61. The first kappa shape index (κ1) is 13.7. The molecular formula is C14H19F2NS. The number of benzene rings is 1. The first-order chi connectivity index (χ1) is 8.60. The van der Waals surface area contributed by atoms with Crippen LogP contribution in [0.15, 0.2) is 17.0 Å². The van der Waals surface area contributed by atoms with Crippen LogP contribution < -0.4 is 5.73 Å². The monoisotopic (exact) mass is 271 g/mol. The summed E-state index contributed by atoms with van der Waals surface area (Å²) >= 11 is 1.33. The summed E-state index contributed by atoms with van der Waals surface area (Å²) in [5, 5.41) is 0.334. The number of thioether (sulfide) groups is 1. The first-order valence-electron chi connectivity index (χ1n) is 6.51. The van der Waals surface area contributed by atoms with Gasteiger partial charge in [0.2, 0.25) is 0 Å². The highest BCUT2D eigenvalue weighted by molar-refractivity contribution is 8.00. The molecule has 2 N–H and O–H groups in total. The summed E-state index contributed by atoms with van der Waals surface area (Å²) in [5.74, 6) is -0.270. The Kier molecular flexibility index (Phi) is 4.49. The lowest BCUT2D eigenvalue weighted by Gasteiger charge is -2.27. The standard InChI is InChI=1S/C14H19F2NS/c1-2-9-3-5-11(6-4-9)18-14-12(15)7-10(17)8-13(14)16/h7-9,11H,2-6,17H2,1H3. The molecule has 0 saturated heterocycles. The van der Waals surface area contributed by atoms with E-state index in [4.69, 9.17) is 5.73 Å². The fourth-order valence-electron chi connectivity index (χ4n) is 2.52. The van der Waals surface area contributed by atoms with Crippen LogP contribution >= 0.6 is 11.8 Å². The smallest absolute Gasteiger partial charge is 0.141 e. The van der Waals surface area contributed by atoms with E-state index in [0.29, 0.717) is 5.25 Å². The Labute approximate surface area is 111 Å². The minimum atomic E-state index is -0.532. The highest BCUT2D eigenvalue weighted by Gasteiger charge is 2.23. The normalized spacial score (nSPS) is 24.2. The second-order valence-corrected chi connectivity index (χ2v) is 6.29. The Morgan fingerprint density at radius 1 is 1.17 bits per heavy atom. The highest BCUT2D eigenvalue weighted by atomic mass is 32.2. The molecule has 100 valence electrons. The Morgan fingerprint density at radius 3 is 2.22 bits per heavy atom. The van der Waals surface area contributed by atoms with Crippen molar-refractivity contribution in [3.05, 3.63) is 23.8 Å². The lowest BCUT2D eigenvalue weighted by molar-refractivity contribution is 0.356. The second kappa shape index (κ2) is 5.91. The van der Waals surface area contributed by atoms with E-state index in [1.165, 1.54) is 43.2 Å². The van der Waals surface area contributed by atoms with Crippen molar-refractivity contribution in [2.75, 3.05) is 5.73 Å². The van der Waals surface area contributed by atoms with Crippen molar-refractivity contribution in [1.82, 2.24) is 0 Å². The maximum atomic E-state index is 13.7. The lowest BCUT2D eigenvalue weighted by Crippen LogP contribution is -2.16. The quantitative estimate of drug-likeness (QED) is 0.812. The lowest BCUT2D eigenvalue weighted by atomic mass is 9.87. The molecule has 0 spiro atoms. The Bertz CT molecular complexity index is 391. The third-order valence-corrected chi connectivity index (χ3v) is 5.11. The molecule has 4 heteroatoms. The van der Waals surface area contributed by atoms with E-state index in [-0.39, 0.29) is 10.6 Å². The predicted molar refractivity (Wildman–Crippen MR) is 72.7 cm³/mol. The van der Waals surface area contributed by atoms with Crippen molar-refractivity contribution in [1.29, 1.82) is 0 Å². The van der Waals surface area contributed by atoms with E-state index in [1.807, 2.05) is 0 Å². The average Bonchev–Trinajstić information content (AvgIpc) is 2.34. The molecule has 0 amide bonds. The number of nitrogen functional groups attached to an aromatic ring is 1. The third-order valence-electron chi connectivity index (χ3n) is 3.68. The van der Waals surface area contributed by atoms with Gasteiger partial charge in [-0.15, -0.1) is 11.8 Å². The molecule has 2 rings (SSSR count). The maximum Gasteiger partial charge on any atom is 0.141 e. The zero-order valence-corrected chi connectivity index (χ0v) is 11.4. The molecule has 0 atom stereocenters. The van der Waals surface area contributed by atoms with Gasteiger partial charge < -0.3 is 5.73 Å². The summed E-state index contributed by atoms with van der Waals surface area (Å²) in [5.41, 5.74) is 5.55. The summed E-state index contributed by atoms with van der Waals surface area (Å²) in [4.78, 5) is 0.129. The van der Waals surface area contributed by atoms with Crippen LogP contribution in [-0.4, -0.2) is 5.25 Å². The number of halogens is 2. The van der Waals surface area contributed by atoms with E-state index in [2.05, 4.69) is 6.92 Å². The minimum Gasteiger partial charge on any atom is -0.399 e. The molecule has 0 aromatic heterocycles. The second-order valence-electron chi connectivity index (χ2n) is 4.98. The molecule has 1 saturated carbocycles. The molecule has 1 aromatic carbocycles. The van der Waals surface area contributed by atoms with Crippen LogP contribution in [0.3, 0.4) is 0 Å². The van der Waals surface area contributed by atoms with Gasteiger partial charge in [-0.2, -0.15) is 0 Å². The van der Waals surface area contributed by atoms with Gasteiger partial charge in [0.05, 0.1) is 4.90 Å². The molecule has 1 nitrogen and oxygen atoms in total. The topological polar surface area (TPSA) is 26.0 Å². The van der Waals surface area contributed by atoms with Gasteiger partial charge in [-0.05, 0) is 43.7 Å². The Balaban J connectivity index is 2.02. The number of rotatable bonds is 3. The molecule has 1 aliphatic carbocycles. The summed E-state index contributed by atoms with van der Waals surface area (Å²) < 4.78 is 27.3. The Morgan fingerprint density at radius 2 is 1.72 bits per heavy atom. The van der Waals surface area contributed by atoms with Gasteiger partial charge in [0.15, 0.2) is 0 Å². The summed E-state index contributed by atoms with van der Waals surface area (Å²) in [6, 6.07) is 2.40. The molecule has 0 radical (unpaired) electrons. The zero-order chi connectivity index (χ0) is 13.1. The van der Waals surface area contributed by atoms with Crippen LogP contribution in [0.25, 0.3) is 0 Å².